The zero-order valence-electron chi connectivity index (χ0n) is 14.5. The van der Waals surface area contributed by atoms with Crippen molar-refractivity contribution in [1.82, 2.24) is 5.32 Å². The Morgan fingerprint density at radius 2 is 1.64 bits per heavy atom. The Kier molecular flexibility index (Phi) is 4.62. The highest BCUT2D eigenvalue weighted by Gasteiger charge is 2.62. The van der Waals surface area contributed by atoms with Gasteiger partial charge in [0.2, 0.25) is 5.91 Å². The highest BCUT2D eigenvalue weighted by molar-refractivity contribution is 5.79. The Hall–Kier alpha value is -2.62. The fourth-order valence-electron chi connectivity index (χ4n) is 3.61. The lowest BCUT2D eigenvalue weighted by Crippen LogP contribution is -2.24. The Morgan fingerprint density at radius 1 is 1.00 bits per heavy atom. The van der Waals surface area contributed by atoms with Gasteiger partial charge in [0.05, 0.1) is 12.3 Å². The summed E-state index contributed by atoms with van der Waals surface area (Å²) in [6.07, 6.45) is 0.323. The lowest BCUT2D eigenvalue weighted by atomic mass is 10.0. The van der Waals surface area contributed by atoms with E-state index in [1.807, 2.05) is 68.4 Å². The highest BCUT2D eigenvalue weighted by Crippen LogP contribution is 2.64. The molecule has 3 rings (SSSR count). The molecule has 1 fully saturated rings. The van der Waals surface area contributed by atoms with Gasteiger partial charge in [-0.2, -0.15) is 0 Å². The van der Waals surface area contributed by atoms with Crippen LogP contribution < -0.4 is 5.32 Å². The summed E-state index contributed by atoms with van der Waals surface area (Å²) >= 11 is 0. The van der Waals surface area contributed by atoms with Crippen LogP contribution in [0.3, 0.4) is 0 Å². The molecule has 4 nitrogen and oxygen atoms in total. The lowest BCUT2D eigenvalue weighted by molar-refractivity contribution is -0.139. The number of carboxylic acids is 1. The first-order chi connectivity index (χ1) is 11.9. The van der Waals surface area contributed by atoms with Crippen LogP contribution in [0.1, 0.15) is 36.5 Å². The van der Waals surface area contributed by atoms with Crippen LogP contribution in [0.25, 0.3) is 0 Å². The van der Waals surface area contributed by atoms with Crippen LogP contribution in [-0.4, -0.2) is 17.0 Å². The first kappa shape index (κ1) is 17.2. The van der Waals surface area contributed by atoms with Crippen LogP contribution in [0.2, 0.25) is 0 Å². The Bertz CT molecular complexity index is 765. The maximum absolute atomic E-state index is 12.1. The third kappa shape index (κ3) is 3.73. The number of amides is 1. The molecule has 130 valence electrons. The number of carboxylic acid groups (broad SMARTS) is 1. The maximum Gasteiger partial charge on any atom is 0.307 e. The van der Waals surface area contributed by atoms with Crippen molar-refractivity contribution in [2.75, 3.05) is 0 Å². The number of benzene rings is 2. The van der Waals surface area contributed by atoms with Crippen LogP contribution in [0.15, 0.2) is 54.6 Å². The molecule has 2 atom stereocenters. The van der Waals surface area contributed by atoms with Gasteiger partial charge in [-0.05, 0) is 22.1 Å². The van der Waals surface area contributed by atoms with Gasteiger partial charge in [0, 0.05) is 12.5 Å². The molecule has 1 amide bonds. The summed E-state index contributed by atoms with van der Waals surface area (Å²) in [4.78, 5) is 23.4. The summed E-state index contributed by atoms with van der Waals surface area (Å²) < 4.78 is 0. The Balaban J connectivity index is 1.56. The van der Waals surface area contributed by atoms with Gasteiger partial charge in [0.1, 0.15) is 0 Å². The van der Waals surface area contributed by atoms with Crippen LogP contribution in [0.4, 0.5) is 0 Å². The molecule has 2 aromatic carbocycles. The zero-order valence-corrected chi connectivity index (χ0v) is 14.5. The number of nitrogens with one attached hydrogen (secondary N) is 1. The fraction of sp³-hybridized carbons (Fsp3) is 0.333. The maximum atomic E-state index is 12.1. The molecule has 1 aliphatic carbocycles. The smallest absolute Gasteiger partial charge is 0.307 e. The van der Waals surface area contributed by atoms with Crippen molar-refractivity contribution in [3.63, 3.8) is 0 Å². The average molecular weight is 337 g/mol. The number of rotatable bonds is 6. The summed E-state index contributed by atoms with van der Waals surface area (Å²) in [5.74, 6) is -1.04. The standard InChI is InChI=1S/C21H23NO3/c1-21(2)18(19(21)20(24)25)16-10-8-14(9-11-16)12-17(23)22-13-15-6-4-3-5-7-15/h3-11,18-19H,12-13H2,1-2H3,(H,22,23)(H,24,25)/t18-,19?/m0/s1. The Morgan fingerprint density at radius 3 is 2.20 bits per heavy atom. The molecule has 0 spiro atoms. The van der Waals surface area contributed by atoms with Gasteiger partial charge in [-0.15, -0.1) is 0 Å². The first-order valence-electron chi connectivity index (χ1n) is 8.52. The normalized spacial score (nSPS) is 20.7. The summed E-state index contributed by atoms with van der Waals surface area (Å²) in [6, 6.07) is 17.5. The van der Waals surface area contributed by atoms with Gasteiger partial charge in [-0.3, -0.25) is 9.59 Å². The summed E-state index contributed by atoms with van der Waals surface area (Å²) in [7, 11) is 0. The summed E-state index contributed by atoms with van der Waals surface area (Å²) in [5, 5.41) is 12.2. The van der Waals surface area contributed by atoms with E-state index in [4.69, 9.17) is 0 Å². The first-order valence-corrected chi connectivity index (χ1v) is 8.52. The van der Waals surface area contributed by atoms with Gasteiger partial charge < -0.3 is 10.4 Å². The quantitative estimate of drug-likeness (QED) is 0.849. The van der Waals surface area contributed by atoms with E-state index in [2.05, 4.69) is 5.32 Å². The minimum atomic E-state index is -0.737. The molecule has 2 aromatic rings. The molecule has 1 unspecified atom stereocenters. The lowest BCUT2D eigenvalue weighted by Gasteiger charge is -2.07. The molecule has 0 heterocycles. The highest BCUT2D eigenvalue weighted by atomic mass is 16.4. The fourth-order valence-corrected chi connectivity index (χ4v) is 3.61. The molecule has 0 aromatic heterocycles. The number of carbonyl (C=O) groups excluding carboxylic acids is 1. The van der Waals surface area contributed by atoms with Crippen molar-refractivity contribution in [1.29, 1.82) is 0 Å². The van der Waals surface area contributed by atoms with Crippen LogP contribution in [0, 0.1) is 11.3 Å². The molecule has 0 aliphatic heterocycles. The van der Waals surface area contributed by atoms with Crippen molar-refractivity contribution >= 4 is 11.9 Å². The topological polar surface area (TPSA) is 66.4 Å². The van der Waals surface area contributed by atoms with E-state index in [1.54, 1.807) is 0 Å². The second-order valence-corrected chi connectivity index (χ2v) is 7.30. The summed E-state index contributed by atoms with van der Waals surface area (Å²) in [5.41, 5.74) is 2.83. The zero-order chi connectivity index (χ0) is 18.0. The third-order valence-electron chi connectivity index (χ3n) is 5.13. The third-order valence-corrected chi connectivity index (χ3v) is 5.13. The second kappa shape index (κ2) is 6.71. The van der Waals surface area contributed by atoms with Crippen LogP contribution in [0.5, 0.6) is 0 Å². The van der Waals surface area contributed by atoms with Crippen molar-refractivity contribution in [3.8, 4) is 0 Å². The van der Waals surface area contributed by atoms with E-state index in [0.29, 0.717) is 13.0 Å². The molecule has 2 N–H and O–H groups in total. The van der Waals surface area contributed by atoms with E-state index in [1.165, 1.54) is 0 Å². The molecular formula is C21H23NO3. The predicted octanol–water partition coefficient (Wildman–Crippen LogP) is 3.37. The number of carbonyl (C=O) groups is 2. The van der Waals surface area contributed by atoms with Gasteiger partial charge >= 0.3 is 5.97 Å². The van der Waals surface area contributed by atoms with E-state index in [9.17, 15) is 14.7 Å². The summed E-state index contributed by atoms with van der Waals surface area (Å²) in [6.45, 7) is 4.50. The van der Waals surface area contributed by atoms with Crippen LogP contribution >= 0.6 is 0 Å². The molecule has 0 bridgehead atoms. The van der Waals surface area contributed by atoms with Gasteiger partial charge in [-0.25, -0.2) is 0 Å². The molecule has 25 heavy (non-hydrogen) atoms. The predicted molar refractivity (Wildman–Crippen MR) is 96.1 cm³/mol. The average Bonchev–Trinajstić information content (AvgIpc) is 3.17. The second-order valence-electron chi connectivity index (χ2n) is 7.30. The number of hydrogen-bond donors (Lipinski definition) is 2. The molecule has 1 aliphatic rings. The minimum Gasteiger partial charge on any atom is -0.481 e. The molecule has 1 saturated carbocycles. The van der Waals surface area contributed by atoms with Gasteiger partial charge in [-0.1, -0.05) is 68.4 Å². The van der Waals surface area contributed by atoms with Crippen molar-refractivity contribution in [2.45, 2.75) is 32.7 Å². The van der Waals surface area contributed by atoms with Crippen molar-refractivity contribution < 1.29 is 14.7 Å². The SMILES string of the molecule is CC1(C)C(C(=O)O)[C@@H]1c1ccc(CC(=O)NCc2ccccc2)cc1. The largest absolute Gasteiger partial charge is 0.481 e. The van der Waals surface area contributed by atoms with E-state index in [0.717, 1.165) is 16.7 Å². The van der Waals surface area contributed by atoms with Gasteiger partial charge in [0.15, 0.2) is 0 Å². The molecule has 0 saturated heterocycles. The number of aliphatic carboxylic acids is 1. The Labute approximate surface area is 147 Å². The van der Waals surface area contributed by atoms with E-state index >= 15 is 0 Å². The minimum absolute atomic E-state index is 0.0215. The van der Waals surface area contributed by atoms with Gasteiger partial charge in [0.25, 0.3) is 0 Å². The molecule has 4 heteroatoms. The van der Waals surface area contributed by atoms with Crippen LogP contribution in [-0.2, 0) is 22.6 Å². The molecular weight excluding hydrogens is 314 g/mol. The van der Waals surface area contributed by atoms with E-state index in [-0.39, 0.29) is 23.2 Å². The number of hydrogen-bond acceptors (Lipinski definition) is 2. The van der Waals surface area contributed by atoms with E-state index < -0.39 is 5.97 Å². The molecule has 0 radical (unpaired) electrons. The van der Waals surface area contributed by atoms with Crippen molar-refractivity contribution in [3.05, 3.63) is 71.3 Å². The monoisotopic (exact) mass is 337 g/mol. The van der Waals surface area contributed by atoms with Crippen molar-refractivity contribution in [2.24, 2.45) is 11.3 Å².